The van der Waals surface area contributed by atoms with Crippen LogP contribution in [0.2, 0.25) is 0 Å². The molecule has 2 N–H and O–H groups in total. The van der Waals surface area contributed by atoms with Crippen LogP contribution in [0.25, 0.3) is 5.57 Å². The van der Waals surface area contributed by atoms with Crippen molar-refractivity contribution in [1.82, 2.24) is 4.90 Å². The number of carboxylic acid groups (broad SMARTS) is 1. The third-order valence-electron chi connectivity index (χ3n) is 10.6. The van der Waals surface area contributed by atoms with Crippen molar-refractivity contribution in [2.75, 3.05) is 13.7 Å². The van der Waals surface area contributed by atoms with Crippen LogP contribution in [0, 0.1) is 23.7 Å². The standard InChI is InChI=1S/C38H33NO8/c1-47-29-14-8-13-28(40)33(29)34-23-15-16-24-32(37(46)39(36(24)45)18-17-31(42)43)26(23)19-27-35(44)25(21-9-4-2-5-10-21)20-30(41)38(27,34)22-11-6-3-7-12-22/h2-15,20,24,26-27,32,34,40H,16-19H2,1H3,(H,42,43)/t24-,26+,27-,32-,34+,38-/m0/s1. The van der Waals surface area contributed by atoms with Crippen LogP contribution in [0.3, 0.4) is 0 Å². The van der Waals surface area contributed by atoms with Crippen molar-refractivity contribution in [1.29, 1.82) is 0 Å². The number of amides is 2. The Hall–Kier alpha value is -5.31. The molecule has 7 rings (SSSR count). The number of phenolic OH excluding ortho intramolecular Hbond substituents is 1. The Balaban J connectivity index is 1.50. The van der Waals surface area contributed by atoms with Gasteiger partial charge in [-0.25, -0.2) is 0 Å². The molecule has 1 saturated heterocycles. The maximum absolute atomic E-state index is 15.0. The number of hydrogen-bond donors (Lipinski definition) is 2. The summed E-state index contributed by atoms with van der Waals surface area (Å²) in [6.07, 6.45) is 3.24. The molecule has 1 saturated carbocycles. The second-order valence-electron chi connectivity index (χ2n) is 12.7. The van der Waals surface area contributed by atoms with Crippen molar-refractivity contribution >= 4 is 34.9 Å². The molecule has 9 nitrogen and oxygen atoms in total. The van der Waals surface area contributed by atoms with Gasteiger partial charge >= 0.3 is 5.97 Å². The van der Waals surface area contributed by atoms with Crippen molar-refractivity contribution in [2.24, 2.45) is 23.7 Å². The van der Waals surface area contributed by atoms with Gasteiger partial charge in [0.05, 0.1) is 30.8 Å². The zero-order chi connectivity index (χ0) is 33.0. The molecule has 3 aliphatic carbocycles. The highest BCUT2D eigenvalue weighted by molar-refractivity contribution is 6.31. The van der Waals surface area contributed by atoms with E-state index >= 15 is 4.79 Å². The number of aliphatic carboxylic acids is 1. The topological polar surface area (TPSA) is 138 Å². The highest BCUT2D eigenvalue weighted by Crippen LogP contribution is 2.65. The van der Waals surface area contributed by atoms with Gasteiger partial charge in [-0.15, -0.1) is 0 Å². The summed E-state index contributed by atoms with van der Waals surface area (Å²) in [5.74, 6) is -6.49. The summed E-state index contributed by atoms with van der Waals surface area (Å²) in [7, 11) is 1.47. The maximum Gasteiger partial charge on any atom is 0.305 e. The number of methoxy groups -OCH3 is 1. The van der Waals surface area contributed by atoms with Crippen LogP contribution in [0.1, 0.15) is 41.9 Å². The van der Waals surface area contributed by atoms with Crippen LogP contribution >= 0.6 is 0 Å². The van der Waals surface area contributed by atoms with Gasteiger partial charge in [0.25, 0.3) is 0 Å². The number of carbonyl (C=O) groups is 5. The lowest BCUT2D eigenvalue weighted by atomic mass is 9.44. The monoisotopic (exact) mass is 631 g/mol. The number of ketones is 2. The summed E-state index contributed by atoms with van der Waals surface area (Å²) in [4.78, 5) is 69.9. The van der Waals surface area contributed by atoms with Gasteiger partial charge in [0.15, 0.2) is 11.6 Å². The van der Waals surface area contributed by atoms with Gasteiger partial charge in [-0.1, -0.05) is 78.4 Å². The number of fused-ring (bicyclic) bond motifs is 4. The molecule has 0 radical (unpaired) electrons. The SMILES string of the molecule is COc1cccc(O)c1[C@H]1C2=CC[C@@H]3C(=O)N(CCC(=O)O)C(=O)[C@@H]3[C@@H]2C[C@H]2C(=O)C(c3ccccc3)=CC(=O)[C@@]12c1ccccc1. The van der Waals surface area contributed by atoms with Gasteiger partial charge in [0, 0.05) is 29.5 Å². The smallest absolute Gasteiger partial charge is 0.305 e. The third kappa shape index (κ3) is 4.47. The number of rotatable bonds is 7. The summed E-state index contributed by atoms with van der Waals surface area (Å²) in [5.41, 5.74) is 0.971. The Morgan fingerprint density at radius 3 is 2.30 bits per heavy atom. The molecule has 0 bridgehead atoms. The molecule has 0 spiro atoms. The average molecular weight is 632 g/mol. The first kappa shape index (κ1) is 30.3. The number of imide groups is 1. The lowest BCUT2D eigenvalue weighted by Gasteiger charge is -2.55. The number of likely N-dealkylation sites (tertiary alicyclic amines) is 1. The minimum Gasteiger partial charge on any atom is -0.508 e. The number of Topliss-reactive ketones (excluding diaryl/α,β-unsaturated/α-hetero) is 1. The molecular formula is C38H33NO8. The molecule has 2 amide bonds. The third-order valence-corrected chi connectivity index (χ3v) is 10.6. The Morgan fingerprint density at radius 2 is 1.62 bits per heavy atom. The molecule has 47 heavy (non-hydrogen) atoms. The van der Waals surface area contributed by atoms with E-state index in [0.29, 0.717) is 28.0 Å². The quantitative estimate of drug-likeness (QED) is 0.283. The van der Waals surface area contributed by atoms with E-state index in [1.807, 2.05) is 42.5 Å². The lowest BCUT2D eigenvalue weighted by molar-refractivity contribution is -0.142. The number of ether oxygens (including phenoxy) is 1. The Labute approximate surface area is 271 Å². The normalized spacial score (nSPS) is 28.2. The fourth-order valence-electron chi connectivity index (χ4n) is 8.68. The van der Waals surface area contributed by atoms with E-state index in [1.165, 1.54) is 19.3 Å². The zero-order valence-electron chi connectivity index (χ0n) is 25.7. The van der Waals surface area contributed by atoms with Crippen molar-refractivity contribution in [2.45, 2.75) is 30.6 Å². The fraction of sp³-hybridized carbons (Fsp3) is 0.289. The van der Waals surface area contributed by atoms with Crippen molar-refractivity contribution in [3.63, 3.8) is 0 Å². The van der Waals surface area contributed by atoms with Gasteiger partial charge in [-0.05, 0) is 48.1 Å². The van der Waals surface area contributed by atoms with Gasteiger partial charge in [-0.3, -0.25) is 28.9 Å². The number of phenols is 1. The van der Waals surface area contributed by atoms with Crippen LogP contribution in [0.15, 0.2) is 96.6 Å². The van der Waals surface area contributed by atoms with Crippen LogP contribution in [0.5, 0.6) is 11.5 Å². The molecule has 0 aromatic heterocycles. The fourth-order valence-corrected chi connectivity index (χ4v) is 8.68. The maximum atomic E-state index is 15.0. The summed E-state index contributed by atoms with van der Waals surface area (Å²) < 4.78 is 5.78. The predicted molar refractivity (Wildman–Crippen MR) is 170 cm³/mol. The predicted octanol–water partition coefficient (Wildman–Crippen LogP) is 4.70. The number of aromatic hydroxyl groups is 1. The van der Waals surface area contributed by atoms with E-state index in [1.54, 1.807) is 36.4 Å². The summed E-state index contributed by atoms with van der Waals surface area (Å²) >= 11 is 0. The Bertz CT molecular complexity index is 1880. The van der Waals surface area contributed by atoms with E-state index in [4.69, 9.17) is 4.74 Å². The van der Waals surface area contributed by atoms with Crippen LogP contribution in [0.4, 0.5) is 0 Å². The van der Waals surface area contributed by atoms with Crippen LogP contribution in [-0.4, -0.2) is 58.1 Å². The second kappa shape index (κ2) is 11.5. The second-order valence-corrected chi connectivity index (χ2v) is 12.7. The zero-order valence-corrected chi connectivity index (χ0v) is 25.7. The summed E-state index contributed by atoms with van der Waals surface area (Å²) in [6, 6.07) is 22.9. The molecule has 3 aromatic carbocycles. The van der Waals surface area contributed by atoms with E-state index in [2.05, 4.69) is 0 Å². The molecule has 4 aliphatic rings. The number of benzene rings is 3. The Morgan fingerprint density at radius 1 is 0.915 bits per heavy atom. The van der Waals surface area contributed by atoms with Crippen molar-refractivity contribution in [3.05, 3.63) is 113 Å². The number of hydrogen-bond acceptors (Lipinski definition) is 7. The van der Waals surface area contributed by atoms with E-state index in [9.17, 15) is 29.4 Å². The van der Waals surface area contributed by atoms with Crippen LogP contribution in [-0.2, 0) is 29.4 Å². The lowest BCUT2D eigenvalue weighted by Crippen LogP contribution is -2.58. The first-order valence-electron chi connectivity index (χ1n) is 15.7. The molecule has 238 valence electrons. The Kier molecular flexibility index (Phi) is 7.42. The average Bonchev–Trinajstić information content (AvgIpc) is 3.33. The van der Waals surface area contributed by atoms with Crippen LogP contribution < -0.4 is 4.74 Å². The molecule has 3 aromatic rings. The number of allylic oxidation sites excluding steroid dienone is 4. The van der Waals surface area contributed by atoms with Crippen molar-refractivity contribution < 1.29 is 38.9 Å². The molecular weight excluding hydrogens is 598 g/mol. The molecule has 9 heteroatoms. The number of nitrogens with zero attached hydrogens (tertiary/aromatic N) is 1. The van der Waals surface area contributed by atoms with Crippen molar-refractivity contribution in [3.8, 4) is 11.5 Å². The molecule has 6 atom stereocenters. The minimum absolute atomic E-state index is 0.106. The molecule has 1 heterocycles. The summed E-state index contributed by atoms with van der Waals surface area (Å²) in [5, 5.41) is 20.8. The molecule has 1 aliphatic heterocycles. The first-order chi connectivity index (χ1) is 22.7. The minimum atomic E-state index is -1.51. The number of carbonyl (C=O) groups excluding carboxylic acids is 4. The van der Waals surface area contributed by atoms with Gasteiger partial charge in [0.1, 0.15) is 11.5 Å². The van der Waals surface area contributed by atoms with E-state index < -0.39 is 52.8 Å². The van der Waals surface area contributed by atoms with E-state index in [0.717, 1.165) is 4.90 Å². The summed E-state index contributed by atoms with van der Waals surface area (Å²) in [6.45, 7) is -0.242. The number of carboxylic acids is 1. The van der Waals surface area contributed by atoms with Gasteiger partial charge in [-0.2, -0.15) is 0 Å². The van der Waals surface area contributed by atoms with Gasteiger partial charge in [0.2, 0.25) is 11.8 Å². The largest absolute Gasteiger partial charge is 0.508 e. The first-order valence-corrected chi connectivity index (χ1v) is 15.7. The molecule has 0 unspecified atom stereocenters. The highest BCUT2D eigenvalue weighted by Gasteiger charge is 2.66. The highest BCUT2D eigenvalue weighted by atomic mass is 16.5. The van der Waals surface area contributed by atoms with Gasteiger partial charge < -0.3 is 14.9 Å². The molecule has 2 fully saturated rings. The van der Waals surface area contributed by atoms with E-state index in [-0.39, 0.29) is 48.7 Å².